The molecule has 21 heavy (non-hydrogen) atoms. The molecule has 0 saturated heterocycles. The van der Waals surface area contributed by atoms with Crippen LogP contribution in [-0.4, -0.2) is 6.54 Å². The van der Waals surface area contributed by atoms with E-state index in [4.69, 9.17) is 0 Å². The van der Waals surface area contributed by atoms with Crippen LogP contribution in [0.3, 0.4) is 0 Å². The van der Waals surface area contributed by atoms with Crippen molar-refractivity contribution in [2.45, 2.75) is 19.4 Å². The zero-order valence-electron chi connectivity index (χ0n) is 11.5. The van der Waals surface area contributed by atoms with Crippen molar-refractivity contribution < 1.29 is 8.78 Å². The van der Waals surface area contributed by atoms with Crippen LogP contribution in [-0.2, 0) is 6.42 Å². The van der Waals surface area contributed by atoms with Gasteiger partial charge in [0.05, 0.1) is 4.47 Å². The van der Waals surface area contributed by atoms with E-state index in [2.05, 4.69) is 43.8 Å². The number of rotatable bonds is 5. The van der Waals surface area contributed by atoms with Crippen molar-refractivity contribution in [1.29, 1.82) is 0 Å². The van der Waals surface area contributed by atoms with Crippen LogP contribution in [0.5, 0.6) is 0 Å². The number of hydrogen-bond acceptors (Lipinski definition) is 1. The largest absolute Gasteiger partial charge is 0.310 e. The average molecular weight is 466 g/mol. The Labute approximate surface area is 145 Å². The summed E-state index contributed by atoms with van der Waals surface area (Å²) in [4.78, 5) is 0. The van der Waals surface area contributed by atoms with E-state index in [-0.39, 0.29) is 17.7 Å². The van der Waals surface area contributed by atoms with Crippen LogP contribution in [0.1, 0.15) is 24.1 Å². The minimum absolute atomic E-state index is 0.0144. The lowest BCUT2D eigenvalue weighted by Gasteiger charge is -2.21. The Morgan fingerprint density at radius 2 is 2.00 bits per heavy atom. The van der Waals surface area contributed by atoms with E-state index in [1.165, 1.54) is 18.2 Å². The molecule has 5 heteroatoms. The summed E-state index contributed by atoms with van der Waals surface area (Å²) in [5.74, 6) is -0.512. The highest BCUT2D eigenvalue weighted by atomic mass is 127. The molecule has 0 fully saturated rings. The van der Waals surface area contributed by atoms with Crippen LogP contribution in [0.2, 0.25) is 0 Å². The van der Waals surface area contributed by atoms with Crippen molar-refractivity contribution in [2.75, 3.05) is 6.54 Å². The Kier molecular flexibility index (Phi) is 6.13. The molecule has 0 heterocycles. The van der Waals surface area contributed by atoms with Crippen molar-refractivity contribution in [2.24, 2.45) is 0 Å². The standard InChI is InChI=1S/C16H15BrF2IN/c1-2-21-15(12-7-6-11(18)9-14(12)20)8-10-4-3-5-13(19)16(10)17/h3-7,9,15,21H,2,8H2,1H3. The first-order valence-corrected chi connectivity index (χ1v) is 8.51. The van der Waals surface area contributed by atoms with Gasteiger partial charge in [0.1, 0.15) is 11.6 Å². The van der Waals surface area contributed by atoms with E-state index in [1.807, 2.05) is 13.0 Å². The van der Waals surface area contributed by atoms with Gasteiger partial charge in [-0.15, -0.1) is 0 Å². The summed E-state index contributed by atoms with van der Waals surface area (Å²) >= 11 is 5.43. The van der Waals surface area contributed by atoms with Gasteiger partial charge in [-0.25, -0.2) is 8.78 Å². The second-order valence-corrected chi connectivity index (χ2v) is 6.65. The number of halogens is 4. The average Bonchev–Trinajstić information content (AvgIpc) is 2.43. The number of hydrogen-bond donors (Lipinski definition) is 1. The first kappa shape index (κ1) is 16.8. The fourth-order valence-corrected chi connectivity index (χ4v) is 3.53. The van der Waals surface area contributed by atoms with E-state index in [0.717, 1.165) is 21.2 Å². The summed E-state index contributed by atoms with van der Waals surface area (Å²) in [6.45, 7) is 2.80. The molecule has 0 radical (unpaired) electrons. The van der Waals surface area contributed by atoms with Crippen LogP contribution >= 0.6 is 38.5 Å². The first-order valence-electron chi connectivity index (χ1n) is 6.64. The van der Waals surface area contributed by atoms with E-state index >= 15 is 0 Å². The van der Waals surface area contributed by atoms with Gasteiger partial charge in [-0.1, -0.05) is 25.1 Å². The fourth-order valence-electron chi connectivity index (χ4n) is 2.25. The Hall–Kier alpha value is -0.530. The molecule has 0 amide bonds. The third-order valence-corrected chi connectivity index (χ3v) is 5.07. The molecule has 1 unspecified atom stereocenters. The summed E-state index contributed by atoms with van der Waals surface area (Å²) < 4.78 is 28.2. The molecule has 0 aliphatic carbocycles. The van der Waals surface area contributed by atoms with Crippen molar-refractivity contribution >= 4 is 38.5 Å². The summed E-state index contributed by atoms with van der Waals surface area (Å²) in [6, 6.07) is 9.81. The van der Waals surface area contributed by atoms with Gasteiger partial charge in [0.25, 0.3) is 0 Å². The minimum Gasteiger partial charge on any atom is -0.310 e. The molecular formula is C16H15BrF2IN. The topological polar surface area (TPSA) is 12.0 Å². The van der Waals surface area contributed by atoms with Gasteiger partial charge < -0.3 is 5.32 Å². The van der Waals surface area contributed by atoms with Crippen LogP contribution in [0.25, 0.3) is 0 Å². The van der Waals surface area contributed by atoms with Crippen LogP contribution in [0.4, 0.5) is 8.78 Å². The predicted molar refractivity (Wildman–Crippen MR) is 93.3 cm³/mol. The van der Waals surface area contributed by atoms with Gasteiger partial charge in [0.2, 0.25) is 0 Å². The SMILES string of the molecule is CCNC(Cc1cccc(F)c1Br)c1ccc(F)cc1I. The highest BCUT2D eigenvalue weighted by Gasteiger charge is 2.17. The van der Waals surface area contributed by atoms with E-state index in [9.17, 15) is 8.78 Å². The molecule has 2 aromatic carbocycles. The summed E-state index contributed by atoms with van der Waals surface area (Å²) in [6.07, 6.45) is 0.633. The molecule has 0 aliphatic heterocycles. The molecule has 1 N–H and O–H groups in total. The van der Waals surface area contributed by atoms with E-state index in [0.29, 0.717) is 10.9 Å². The van der Waals surface area contributed by atoms with Gasteiger partial charge in [-0.3, -0.25) is 0 Å². The third kappa shape index (κ3) is 4.23. The highest BCUT2D eigenvalue weighted by Crippen LogP contribution is 2.28. The lowest BCUT2D eigenvalue weighted by atomic mass is 9.98. The molecule has 2 aromatic rings. The monoisotopic (exact) mass is 465 g/mol. The van der Waals surface area contributed by atoms with Crippen molar-refractivity contribution in [3.8, 4) is 0 Å². The second-order valence-electron chi connectivity index (χ2n) is 4.69. The molecular weight excluding hydrogens is 451 g/mol. The maximum absolute atomic E-state index is 13.6. The molecule has 0 saturated carbocycles. The second kappa shape index (κ2) is 7.65. The van der Waals surface area contributed by atoms with Gasteiger partial charge in [0.15, 0.2) is 0 Å². The Morgan fingerprint density at radius 3 is 2.67 bits per heavy atom. The quantitative estimate of drug-likeness (QED) is 0.596. The molecule has 0 bridgehead atoms. The van der Waals surface area contributed by atoms with Crippen LogP contribution < -0.4 is 5.32 Å². The summed E-state index contributed by atoms with van der Waals surface area (Å²) in [5, 5.41) is 3.38. The van der Waals surface area contributed by atoms with E-state index in [1.54, 1.807) is 12.1 Å². The van der Waals surface area contributed by atoms with Gasteiger partial charge in [-0.2, -0.15) is 0 Å². The molecule has 1 nitrogen and oxygen atoms in total. The normalized spacial score (nSPS) is 12.4. The van der Waals surface area contributed by atoms with Crippen molar-refractivity contribution in [3.63, 3.8) is 0 Å². The maximum atomic E-state index is 13.6. The molecule has 0 aromatic heterocycles. The van der Waals surface area contributed by atoms with Gasteiger partial charge in [0, 0.05) is 9.61 Å². The third-order valence-electron chi connectivity index (χ3n) is 3.24. The fraction of sp³-hybridized carbons (Fsp3) is 0.250. The van der Waals surface area contributed by atoms with Crippen molar-refractivity contribution in [1.82, 2.24) is 5.32 Å². The summed E-state index contributed by atoms with van der Waals surface area (Å²) in [5.41, 5.74) is 1.91. The van der Waals surface area contributed by atoms with E-state index < -0.39 is 0 Å². The highest BCUT2D eigenvalue weighted by molar-refractivity contribution is 14.1. The lowest BCUT2D eigenvalue weighted by Crippen LogP contribution is -2.24. The van der Waals surface area contributed by atoms with Crippen molar-refractivity contribution in [3.05, 3.63) is 67.2 Å². The van der Waals surface area contributed by atoms with Crippen LogP contribution in [0, 0.1) is 15.2 Å². The molecule has 0 spiro atoms. The molecule has 2 rings (SSSR count). The Morgan fingerprint density at radius 1 is 1.24 bits per heavy atom. The molecule has 112 valence electrons. The molecule has 1 atom stereocenters. The number of nitrogens with one attached hydrogen (secondary N) is 1. The van der Waals surface area contributed by atoms with Crippen LogP contribution in [0.15, 0.2) is 40.9 Å². The number of likely N-dealkylation sites (N-methyl/N-ethyl adjacent to an activating group) is 1. The Balaban J connectivity index is 2.33. The predicted octanol–water partition coefficient (Wildman–Crippen LogP) is 5.23. The number of benzene rings is 2. The van der Waals surface area contributed by atoms with Gasteiger partial charge in [-0.05, 0) is 80.8 Å². The zero-order valence-corrected chi connectivity index (χ0v) is 15.2. The Bertz CT molecular complexity index is 634. The molecule has 0 aliphatic rings. The minimum atomic E-state index is -0.267. The first-order chi connectivity index (χ1) is 10.0. The summed E-state index contributed by atoms with van der Waals surface area (Å²) in [7, 11) is 0. The smallest absolute Gasteiger partial charge is 0.137 e. The lowest BCUT2D eigenvalue weighted by molar-refractivity contribution is 0.540. The zero-order chi connectivity index (χ0) is 15.4. The maximum Gasteiger partial charge on any atom is 0.137 e. The van der Waals surface area contributed by atoms with Gasteiger partial charge >= 0.3 is 0 Å².